The number of nitrogens with zero attached hydrogens (tertiary/aromatic N) is 2. The molecular formula is C15H15BrN2S. The quantitative estimate of drug-likeness (QED) is 0.836. The van der Waals surface area contributed by atoms with Crippen molar-refractivity contribution in [3.8, 4) is 0 Å². The summed E-state index contributed by atoms with van der Waals surface area (Å²) in [7, 11) is 0. The van der Waals surface area contributed by atoms with E-state index in [4.69, 9.17) is 0 Å². The van der Waals surface area contributed by atoms with Crippen molar-refractivity contribution < 1.29 is 0 Å². The van der Waals surface area contributed by atoms with E-state index in [9.17, 15) is 0 Å². The van der Waals surface area contributed by atoms with Crippen molar-refractivity contribution in [3.05, 3.63) is 53.3 Å². The Morgan fingerprint density at radius 2 is 1.84 bits per heavy atom. The van der Waals surface area contributed by atoms with Crippen molar-refractivity contribution in [3.63, 3.8) is 0 Å². The van der Waals surface area contributed by atoms with Gasteiger partial charge in [-0.1, -0.05) is 15.9 Å². The highest BCUT2D eigenvalue weighted by Crippen LogP contribution is 2.32. The first-order chi connectivity index (χ1) is 9.31. The zero-order chi connectivity index (χ0) is 13.1. The first-order valence-electron chi connectivity index (χ1n) is 6.38. The van der Waals surface area contributed by atoms with Crippen LogP contribution in [0.25, 0.3) is 0 Å². The van der Waals surface area contributed by atoms with Gasteiger partial charge in [-0.25, -0.2) is 0 Å². The van der Waals surface area contributed by atoms with Gasteiger partial charge in [-0.05, 0) is 42.8 Å². The molecule has 0 radical (unpaired) electrons. The Hall–Kier alpha value is -1.00. The molecule has 1 saturated heterocycles. The van der Waals surface area contributed by atoms with Crippen LogP contribution in [0.15, 0.2) is 58.2 Å². The molecule has 98 valence electrons. The topological polar surface area (TPSA) is 16.1 Å². The number of thioether (sulfide) groups is 1. The Labute approximate surface area is 126 Å². The van der Waals surface area contributed by atoms with Gasteiger partial charge >= 0.3 is 0 Å². The summed E-state index contributed by atoms with van der Waals surface area (Å²) in [6.45, 7) is 2.25. The van der Waals surface area contributed by atoms with Crippen LogP contribution in [0.1, 0.15) is 6.42 Å². The van der Waals surface area contributed by atoms with Crippen LogP contribution in [0.5, 0.6) is 0 Å². The monoisotopic (exact) mass is 334 g/mol. The van der Waals surface area contributed by atoms with Crippen LogP contribution in [0.3, 0.4) is 0 Å². The lowest BCUT2D eigenvalue weighted by Crippen LogP contribution is -2.20. The average Bonchev–Trinajstić information content (AvgIpc) is 2.91. The van der Waals surface area contributed by atoms with E-state index >= 15 is 0 Å². The fourth-order valence-electron chi connectivity index (χ4n) is 2.32. The van der Waals surface area contributed by atoms with E-state index < -0.39 is 0 Å². The van der Waals surface area contributed by atoms with Crippen molar-refractivity contribution >= 4 is 33.4 Å². The fourth-order valence-corrected chi connectivity index (χ4v) is 3.74. The minimum absolute atomic E-state index is 0.675. The summed E-state index contributed by atoms with van der Waals surface area (Å²) in [6.07, 6.45) is 4.97. The number of hydrogen-bond acceptors (Lipinski definition) is 3. The molecule has 19 heavy (non-hydrogen) atoms. The molecule has 1 aliphatic heterocycles. The van der Waals surface area contributed by atoms with Gasteiger partial charge in [0.1, 0.15) is 0 Å². The largest absolute Gasteiger partial charge is 0.370 e. The van der Waals surface area contributed by atoms with Gasteiger partial charge in [0.2, 0.25) is 0 Å². The molecule has 3 rings (SSSR count). The van der Waals surface area contributed by atoms with Gasteiger partial charge in [0.25, 0.3) is 0 Å². The molecule has 2 heterocycles. The van der Waals surface area contributed by atoms with Crippen molar-refractivity contribution in [2.24, 2.45) is 0 Å². The fraction of sp³-hybridized carbons (Fsp3) is 0.267. The molecule has 4 heteroatoms. The van der Waals surface area contributed by atoms with Crippen molar-refractivity contribution in [2.75, 3.05) is 18.0 Å². The highest BCUT2D eigenvalue weighted by Gasteiger charge is 2.23. The smallest absolute Gasteiger partial charge is 0.0397 e. The Morgan fingerprint density at radius 3 is 2.58 bits per heavy atom. The molecule has 2 aromatic rings. The van der Waals surface area contributed by atoms with Crippen LogP contribution in [0.4, 0.5) is 5.69 Å². The van der Waals surface area contributed by atoms with E-state index in [1.165, 1.54) is 17.0 Å². The summed E-state index contributed by atoms with van der Waals surface area (Å²) in [4.78, 5) is 7.87. The van der Waals surface area contributed by atoms with Crippen LogP contribution >= 0.6 is 27.7 Å². The Morgan fingerprint density at radius 1 is 1.11 bits per heavy atom. The first-order valence-corrected chi connectivity index (χ1v) is 8.06. The highest BCUT2D eigenvalue weighted by atomic mass is 79.9. The van der Waals surface area contributed by atoms with E-state index in [0.29, 0.717) is 5.25 Å². The van der Waals surface area contributed by atoms with E-state index in [1.54, 1.807) is 0 Å². The number of hydrogen-bond donors (Lipinski definition) is 0. The third-order valence-electron chi connectivity index (χ3n) is 3.29. The first kappa shape index (κ1) is 13.0. The third-order valence-corrected chi connectivity index (χ3v) is 5.08. The van der Waals surface area contributed by atoms with E-state index in [1.807, 2.05) is 24.2 Å². The van der Waals surface area contributed by atoms with Crippen molar-refractivity contribution in [1.29, 1.82) is 0 Å². The number of aromatic nitrogens is 1. The van der Waals surface area contributed by atoms with Crippen LogP contribution in [-0.2, 0) is 0 Å². The normalized spacial score (nSPS) is 18.8. The summed E-state index contributed by atoms with van der Waals surface area (Å²) < 4.78 is 1.14. The standard InChI is InChI=1S/C15H15BrN2S/c16-12-1-3-14(4-2-12)19-15-7-10-18(11-15)13-5-8-17-9-6-13/h1-6,8-9,15H,7,10-11H2. The molecular weight excluding hydrogens is 320 g/mol. The number of pyridine rings is 1. The predicted molar refractivity (Wildman–Crippen MR) is 84.9 cm³/mol. The highest BCUT2D eigenvalue weighted by molar-refractivity contribution is 9.10. The molecule has 1 aliphatic rings. The lowest BCUT2D eigenvalue weighted by Gasteiger charge is -2.18. The van der Waals surface area contributed by atoms with E-state index in [0.717, 1.165) is 17.6 Å². The third kappa shape index (κ3) is 3.31. The zero-order valence-corrected chi connectivity index (χ0v) is 12.9. The minimum Gasteiger partial charge on any atom is -0.370 e. The maximum absolute atomic E-state index is 4.08. The van der Waals surface area contributed by atoms with Crippen molar-refractivity contribution in [1.82, 2.24) is 4.98 Å². The van der Waals surface area contributed by atoms with E-state index in [-0.39, 0.29) is 0 Å². The van der Waals surface area contributed by atoms with Gasteiger partial charge in [0, 0.05) is 45.8 Å². The predicted octanol–water partition coefficient (Wildman–Crippen LogP) is 4.22. The second-order valence-electron chi connectivity index (χ2n) is 4.63. The Kier molecular flexibility index (Phi) is 4.09. The molecule has 1 unspecified atom stereocenters. The van der Waals surface area contributed by atoms with Crippen molar-refractivity contribution in [2.45, 2.75) is 16.6 Å². The van der Waals surface area contributed by atoms with Gasteiger partial charge in [-0.2, -0.15) is 0 Å². The van der Waals surface area contributed by atoms with Crippen LogP contribution in [0, 0.1) is 0 Å². The second-order valence-corrected chi connectivity index (χ2v) is 6.92. The van der Waals surface area contributed by atoms with Gasteiger partial charge in [-0.3, -0.25) is 4.98 Å². The van der Waals surface area contributed by atoms with Gasteiger partial charge in [0.05, 0.1) is 0 Å². The van der Waals surface area contributed by atoms with Gasteiger partial charge < -0.3 is 4.90 Å². The second kappa shape index (κ2) is 5.97. The van der Waals surface area contributed by atoms with Gasteiger partial charge in [0.15, 0.2) is 0 Å². The summed E-state index contributed by atoms with van der Waals surface area (Å²) in [5.74, 6) is 0. The average molecular weight is 335 g/mol. The molecule has 0 N–H and O–H groups in total. The molecule has 0 bridgehead atoms. The number of rotatable bonds is 3. The van der Waals surface area contributed by atoms with E-state index in [2.05, 4.69) is 62.2 Å². The zero-order valence-electron chi connectivity index (χ0n) is 10.5. The molecule has 0 spiro atoms. The molecule has 1 fully saturated rings. The lowest BCUT2D eigenvalue weighted by atomic mass is 10.4. The SMILES string of the molecule is Brc1ccc(SC2CCN(c3ccncc3)C2)cc1. The molecule has 0 saturated carbocycles. The van der Waals surface area contributed by atoms with Gasteiger partial charge in [-0.15, -0.1) is 11.8 Å². The molecule has 0 amide bonds. The number of halogens is 1. The maximum Gasteiger partial charge on any atom is 0.0397 e. The van der Waals surface area contributed by atoms with Crippen LogP contribution in [0.2, 0.25) is 0 Å². The minimum atomic E-state index is 0.675. The summed E-state index contributed by atoms with van der Waals surface area (Å²) in [6, 6.07) is 12.8. The number of benzene rings is 1. The maximum atomic E-state index is 4.08. The Balaban J connectivity index is 1.62. The van der Waals surface area contributed by atoms with Crippen LogP contribution < -0.4 is 4.90 Å². The molecule has 2 nitrogen and oxygen atoms in total. The van der Waals surface area contributed by atoms with Crippen LogP contribution in [-0.4, -0.2) is 23.3 Å². The lowest BCUT2D eigenvalue weighted by molar-refractivity contribution is 0.963. The molecule has 1 aromatic carbocycles. The molecule has 1 atom stereocenters. The summed E-state index contributed by atoms with van der Waals surface area (Å²) >= 11 is 5.46. The Bertz CT molecular complexity index is 530. The number of anilines is 1. The summed E-state index contributed by atoms with van der Waals surface area (Å²) in [5.41, 5.74) is 1.29. The molecule has 1 aromatic heterocycles. The molecule has 0 aliphatic carbocycles. The summed E-state index contributed by atoms with van der Waals surface area (Å²) in [5, 5.41) is 0.675.